The van der Waals surface area contributed by atoms with Gasteiger partial charge in [-0.15, -0.1) is 0 Å². The van der Waals surface area contributed by atoms with Gasteiger partial charge in [-0.05, 0) is 0 Å². The summed E-state index contributed by atoms with van der Waals surface area (Å²) in [5.41, 5.74) is 0. The number of aliphatic carboxylic acids is 1. The molecule has 0 radical (unpaired) electrons. The molecule has 1 amide bonds. The summed E-state index contributed by atoms with van der Waals surface area (Å²) in [6, 6.07) is 0. The molecule has 0 saturated carbocycles. The van der Waals surface area contributed by atoms with E-state index in [0.29, 0.717) is 6.41 Å². The van der Waals surface area contributed by atoms with E-state index in [0.717, 1.165) is 4.90 Å². The summed E-state index contributed by atoms with van der Waals surface area (Å²) in [7, 11) is 0. The van der Waals surface area contributed by atoms with Crippen molar-refractivity contribution in [1.82, 2.24) is 4.90 Å². The zero-order valence-electron chi connectivity index (χ0n) is 5.93. The Balaban J connectivity index is 3.79. The first-order valence-electron chi connectivity index (χ1n) is 2.94. The predicted octanol–water partition coefficient (Wildman–Crippen LogP) is 0.577. The Labute approximate surface area is 64.4 Å². The van der Waals surface area contributed by atoms with Crippen molar-refractivity contribution in [2.24, 2.45) is 0 Å². The van der Waals surface area contributed by atoms with Gasteiger partial charge in [-0.3, -0.25) is 14.5 Å². The Morgan fingerprint density at radius 2 is 2.27 bits per heavy atom. The van der Waals surface area contributed by atoms with E-state index in [1.54, 1.807) is 0 Å². The SMILES string of the molecule is C=CN(C=O)C=CCC(=O)O. The van der Waals surface area contributed by atoms with Crippen LogP contribution >= 0.6 is 0 Å². The number of carboxylic acid groups (broad SMARTS) is 1. The number of nitrogens with zero attached hydrogens (tertiary/aromatic N) is 1. The van der Waals surface area contributed by atoms with E-state index in [-0.39, 0.29) is 6.42 Å². The normalized spacial score (nSPS) is 9.45. The zero-order chi connectivity index (χ0) is 8.69. The van der Waals surface area contributed by atoms with Crippen LogP contribution in [0.25, 0.3) is 0 Å². The molecule has 4 nitrogen and oxygen atoms in total. The molecule has 0 heterocycles. The smallest absolute Gasteiger partial charge is 0.307 e. The molecule has 0 atom stereocenters. The highest BCUT2D eigenvalue weighted by Crippen LogP contribution is 1.88. The minimum absolute atomic E-state index is 0.0990. The van der Waals surface area contributed by atoms with Gasteiger partial charge in [-0.1, -0.05) is 12.7 Å². The second kappa shape index (κ2) is 5.22. The first-order chi connectivity index (χ1) is 5.20. The van der Waals surface area contributed by atoms with Crippen LogP contribution in [-0.4, -0.2) is 22.4 Å². The minimum Gasteiger partial charge on any atom is -0.481 e. The van der Waals surface area contributed by atoms with Gasteiger partial charge in [-0.25, -0.2) is 0 Å². The third-order valence-electron chi connectivity index (χ3n) is 0.903. The lowest BCUT2D eigenvalue weighted by Gasteiger charge is -2.01. The van der Waals surface area contributed by atoms with Crippen LogP contribution in [0.5, 0.6) is 0 Å². The zero-order valence-corrected chi connectivity index (χ0v) is 5.93. The second-order valence-corrected chi connectivity index (χ2v) is 1.72. The third-order valence-corrected chi connectivity index (χ3v) is 0.903. The van der Waals surface area contributed by atoms with Gasteiger partial charge in [0.2, 0.25) is 6.41 Å². The fourth-order valence-electron chi connectivity index (χ4n) is 0.414. The van der Waals surface area contributed by atoms with Crippen LogP contribution in [0.4, 0.5) is 0 Å². The lowest BCUT2D eigenvalue weighted by atomic mass is 10.4. The Bertz CT molecular complexity index is 178. The fourth-order valence-corrected chi connectivity index (χ4v) is 0.414. The molecule has 0 aromatic carbocycles. The Hall–Kier alpha value is -1.58. The second-order valence-electron chi connectivity index (χ2n) is 1.72. The van der Waals surface area contributed by atoms with Crippen molar-refractivity contribution in [3.63, 3.8) is 0 Å². The van der Waals surface area contributed by atoms with Crippen LogP contribution in [0.2, 0.25) is 0 Å². The van der Waals surface area contributed by atoms with Gasteiger partial charge in [0.25, 0.3) is 0 Å². The van der Waals surface area contributed by atoms with Crippen LogP contribution < -0.4 is 0 Å². The van der Waals surface area contributed by atoms with E-state index in [4.69, 9.17) is 5.11 Å². The molecule has 11 heavy (non-hydrogen) atoms. The van der Waals surface area contributed by atoms with E-state index in [9.17, 15) is 9.59 Å². The van der Waals surface area contributed by atoms with Crippen molar-refractivity contribution in [3.05, 3.63) is 25.1 Å². The number of carbonyl (C=O) groups is 2. The molecule has 1 N–H and O–H groups in total. The number of rotatable bonds is 5. The molecule has 0 aromatic rings. The standard InChI is InChI=1S/C7H9NO3/c1-2-8(6-9)5-3-4-7(10)11/h2-3,5-6H,1,4H2,(H,10,11). The first kappa shape index (κ1) is 9.42. The number of hydrogen-bond acceptors (Lipinski definition) is 2. The summed E-state index contributed by atoms with van der Waals surface area (Å²) in [6.45, 7) is 3.33. The molecule has 0 aliphatic carbocycles. The Kier molecular flexibility index (Phi) is 4.47. The highest BCUT2D eigenvalue weighted by molar-refractivity contribution is 5.68. The van der Waals surface area contributed by atoms with Crippen LogP contribution in [0.1, 0.15) is 6.42 Å². The highest BCUT2D eigenvalue weighted by atomic mass is 16.4. The average molecular weight is 155 g/mol. The summed E-state index contributed by atoms with van der Waals surface area (Å²) in [5.74, 6) is -0.934. The summed E-state index contributed by atoms with van der Waals surface area (Å²) in [6.07, 6.45) is 4.42. The van der Waals surface area contributed by atoms with Crippen LogP contribution in [0.3, 0.4) is 0 Å². The van der Waals surface area contributed by atoms with Gasteiger partial charge >= 0.3 is 5.97 Å². The molecular weight excluding hydrogens is 146 g/mol. The van der Waals surface area contributed by atoms with E-state index < -0.39 is 5.97 Å². The van der Waals surface area contributed by atoms with Crippen LogP contribution in [0.15, 0.2) is 25.1 Å². The third kappa shape index (κ3) is 4.90. The van der Waals surface area contributed by atoms with Crippen LogP contribution in [0, 0.1) is 0 Å². The van der Waals surface area contributed by atoms with Gasteiger partial charge in [0, 0.05) is 12.4 Å². The molecule has 0 rings (SSSR count). The number of carbonyl (C=O) groups excluding carboxylic acids is 1. The van der Waals surface area contributed by atoms with Crippen molar-refractivity contribution < 1.29 is 14.7 Å². The fraction of sp³-hybridized carbons (Fsp3) is 0.143. The molecule has 0 unspecified atom stereocenters. The highest BCUT2D eigenvalue weighted by Gasteiger charge is 1.90. The lowest BCUT2D eigenvalue weighted by Crippen LogP contribution is -2.04. The first-order valence-corrected chi connectivity index (χ1v) is 2.94. The molecule has 0 aromatic heterocycles. The van der Waals surface area contributed by atoms with E-state index in [2.05, 4.69) is 6.58 Å². The largest absolute Gasteiger partial charge is 0.481 e. The van der Waals surface area contributed by atoms with Gasteiger partial charge < -0.3 is 5.11 Å². The summed E-state index contributed by atoms with van der Waals surface area (Å²) >= 11 is 0. The average Bonchev–Trinajstić information content (AvgIpc) is 1.98. The molecule has 0 aliphatic heterocycles. The van der Waals surface area contributed by atoms with E-state index >= 15 is 0 Å². The van der Waals surface area contributed by atoms with Crippen molar-refractivity contribution in [3.8, 4) is 0 Å². The minimum atomic E-state index is -0.934. The number of hydrogen-bond donors (Lipinski definition) is 1. The van der Waals surface area contributed by atoms with Crippen LogP contribution in [-0.2, 0) is 9.59 Å². The molecule has 0 aliphatic rings. The van der Waals surface area contributed by atoms with Crippen molar-refractivity contribution in [1.29, 1.82) is 0 Å². The summed E-state index contributed by atoms with van der Waals surface area (Å²) in [5, 5.41) is 8.19. The maximum Gasteiger partial charge on any atom is 0.307 e. The molecule has 0 fully saturated rings. The molecule has 0 bridgehead atoms. The monoisotopic (exact) mass is 155 g/mol. The van der Waals surface area contributed by atoms with Crippen molar-refractivity contribution in [2.45, 2.75) is 6.42 Å². The predicted molar refractivity (Wildman–Crippen MR) is 39.5 cm³/mol. The van der Waals surface area contributed by atoms with Gasteiger partial charge in [0.05, 0.1) is 6.42 Å². The quantitative estimate of drug-likeness (QED) is 0.590. The maximum atomic E-state index is 10.1. The molecule has 0 spiro atoms. The van der Waals surface area contributed by atoms with Crippen molar-refractivity contribution >= 4 is 12.4 Å². The molecule has 60 valence electrons. The topological polar surface area (TPSA) is 57.6 Å². The molecular formula is C7H9NO3. The van der Waals surface area contributed by atoms with Gasteiger partial charge in [0.15, 0.2) is 0 Å². The Morgan fingerprint density at radius 3 is 2.64 bits per heavy atom. The van der Waals surface area contributed by atoms with Gasteiger partial charge in [-0.2, -0.15) is 0 Å². The number of carboxylic acids is 1. The number of amides is 1. The van der Waals surface area contributed by atoms with Crippen molar-refractivity contribution in [2.75, 3.05) is 0 Å². The Morgan fingerprint density at radius 1 is 1.64 bits per heavy atom. The summed E-state index contributed by atoms with van der Waals surface area (Å²) in [4.78, 5) is 21.2. The van der Waals surface area contributed by atoms with E-state index in [1.165, 1.54) is 18.5 Å². The summed E-state index contributed by atoms with van der Waals surface area (Å²) < 4.78 is 0. The van der Waals surface area contributed by atoms with E-state index in [1.807, 2.05) is 0 Å². The molecule has 0 saturated heterocycles. The molecule has 4 heteroatoms. The van der Waals surface area contributed by atoms with Gasteiger partial charge in [0.1, 0.15) is 0 Å². The maximum absolute atomic E-state index is 10.1. The lowest BCUT2D eigenvalue weighted by molar-refractivity contribution is -0.136.